The van der Waals surface area contributed by atoms with E-state index in [-0.39, 0.29) is 16.9 Å². The molecule has 0 aliphatic carbocycles. The molecular weight excluding hydrogens is 590 g/mol. The van der Waals surface area contributed by atoms with Gasteiger partial charge in [-0.3, -0.25) is 19.2 Å². The second-order valence-electron chi connectivity index (χ2n) is 8.19. The zero-order valence-electron chi connectivity index (χ0n) is 21.3. The number of aliphatic hydroxyl groups excluding tert-OH is 1. The number of phenols is 2. The lowest BCUT2D eigenvalue weighted by Crippen LogP contribution is -2.49. The maximum Gasteiger partial charge on any atom is 0.348 e. The Hall–Kier alpha value is -4.88. The molecule has 0 heterocycles. The number of carboxylic acids is 4. The van der Waals surface area contributed by atoms with E-state index < -0.39 is 96.2 Å². The Morgan fingerprint density at radius 2 is 1.62 bits per heavy atom. The average Bonchev–Trinajstić information content (AvgIpc) is 2.91. The number of rotatable bonds is 17. The van der Waals surface area contributed by atoms with E-state index in [1.165, 1.54) is 6.07 Å². The van der Waals surface area contributed by atoms with E-state index in [9.17, 15) is 48.9 Å². The van der Waals surface area contributed by atoms with Crippen LogP contribution in [0.2, 0.25) is 0 Å². The van der Waals surface area contributed by atoms with Crippen molar-refractivity contribution in [3.63, 3.8) is 0 Å². The molecule has 1 aromatic rings. The number of carboxylic acid groups (broad SMARTS) is 4. The quantitative estimate of drug-likeness (QED) is 0.0374. The summed E-state index contributed by atoms with van der Waals surface area (Å²) < 4.78 is 4.46. The van der Waals surface area contributed by atoms with Crippen molar-refractivity contribution in [2.24, 2.45) is 5.73 Å². The normalized spacial score (nSPS) is 13.8. The molecule has 2 unspecified atom stereocenters. The Morgan fingerprint density at radius 3 is 2.17 bits per heavy atom. The highest BCUT2D eigenvalue weighted by molar-refractivity contribution is 7.99. The molecule has 0 aliphatic heterocycles. The van der Waals surface area contributed by atoms with Gasteiger partial charge in [0.05, 0.1) is 4.90 Å². The third-order valence-corrected chi connectivity index (χ3v) is 6.24. The van der Waals surface area contributed by atoms with Crippen LogP contribution in [0.1, 0.15) is 18.4 Å². The third kappa shape index (κ3) is 11.3. The number of phenolic OH excluding ortho intramolecular Hbond substituents is 2. The zero-order valence-corrected chi connectivity index (χ0v) is 22.1. The van der Waals surface area contributed by atoms with E-state index in [1.807, 2.05) is 5.32 Å². The molecule has 0 bridgehead atoms. The van der Waals surface area contributed by atoms with Gasteiger partial charge in [-0.15, -0.1) is 11.8 Å². The summed E-state index contributed by atoms with van der Waals surface area (Å²) >= 11 is 0.642. The van der Waals surface area contributed by atoms with Crippen molar-refractivity contribution in [3.8, 4) is 11.5 Å². The lowest BCUT2D eigenvalue weighted by Gasteiger charge is -2.19. The molecule has 0 aliphatic rings. The Bertz CT molecular complexity index is 1250. The highest BCUT2D eigenvalue weighted by atomic mass is 32.2. The first-order chi connectivity index (χ1) is 19.5. The van der Waals surface area contributed by atoms with Gasteiger partial charge in [-0.25, -0.2) is 14.4 Å². The number of carbonyl (C=O) groups excluding carboxylic acids is 3. The molecule has 1 aromatic carbocycles. The summed E-state index contributed by atoms with van der Waals surface area (Å²) in [5.41, 5.74) is 5.32. The Morgan fingerprint density at radius 1 is 0.976 bits per heavy atom. The molecule has 42 heavy (non-hydrogen) atoms. The molecule has 4 atom stereocenters. The number of hydrogen-bond donors (Lipinski definition) is 10. The molecule has 2 amide bonds. The molecule has 0 saturated heterocycles. The molecule has 18 nitrogen and oxygen atoms in total. The van der Waals surface area contributed by atoms with Gasteiger partial charge in [-0.05, 0) is 30.2 Å². The molecule has 1 rings (SSSR count). The van der Waals surface area contributed by atoms with Gasteiger partial charge < -0.3 is 56.8 Å². The van der Waals surface area contributed by atoms with Crippen LogP contribution in [0.5, 0.6) is 11.5 Å². The molecule has 11 N–H and O–H groups in total. The van der Waals surface area contributed by atoms with E-state index in [4.69, 9.17) is 26.2 Å². The standard InChI is InChI=1S/C23H27N3O15S/c24-10(21(35)36)3-5-13(28)26-11(20(34)25-7-14(29)30)8-42-19-9(1-4-12(27)16(19)32)2-6-15(31)41-18(23(39)40)17(33)22(37)38/h1-2,4,6,10-11,17-18,27,32-33H,3,5,7-8,24H2,(H,25,34)(H,26,28)(H,29,30)(H,35,36)(H,37,38)(H,39,40)/b6-2+/t10-,11-,17?,18?/m0/s1. The maximum absolute atomic E-state index is 12.5. The Labute approximate surface area is 239 Å². The summed E-state index contributed by atoms with van der Waals surface area (Å²) in [7, 11) is 0. The van der Waals surface area contributed by atoms with Gasteiger partial charge in [0.25, 0.3) is 0 Å². The molecule has 0 fully saturated rings. The van der Waals surface area contributed by atoms with Crippen LogP contribution in [0, 0.1) is 0 Å². The minimum absolute atomic E-state index is 0.0265. The summed E-state index contributed by atoms with van der Waals surface area (Å²) in [5.74, 6) is -11.7. The van der Waals surface area contributed by atoms with Crippen molar-refractivity contribution in [2.75, 3.05) is 12.3 Å². The Balaban J connectivity index is 3.17. The summed E-state index contributed by atoms with van der Waals surface area (Å²) in [6.07, 6.45) is -4.17. The van der Waals surface area contributed by atoms with Gasteiger partial charge in [0.15, 0.2) is 17.6 Å². The molecule has 0 saturated carbocycles. The molecule has 19 heteroatoms. The van der Waals surface area contributed by atoms with Gasteiger partial charge >= 0.3 is 29.8 Å². The van der Waals surface area contributed by atoms with Crippen molar-refractivity contribution in [3.05, 3.63) is 23.8 Å². The number of amides is 2. The van der Waals surface area contributed by atoms with Crippen LogP contribution < -0.4 is 16.4 Å². The topological polar surface area (TPSA) is 320 Å². The number of nitrogens with two attached hydrogens (primary N) is 1. The minimum Gasteiger partial charge on any atom is -0.504 e. The third-order valence-electron chi connectivity index (χ3n) is 5.03. The van der Waals surface area contributed by atoms with Crippen molar-refractivity contribution in [1.29, 1.82) is 0 Å². The first kappa shape index (κ1) is 35.1. The predicted octanol–water partition coefficient (Wildman–Crippen LogP) is -2.48. The van der Waals surface area contributed by atoms with Crippen LogP contribution in [0.3, 0.4) is 0 Å². The zero-order chi connectivity index (χ0) is 32.1. The summed E-state index contributed by atoms with van der Waals surface area (Å²) in [5, 5.41) is 69.5. The number of esters is 1. The molecule has 230 valence electrons. The fourth-order valence-corrected chi connectivity index (χ4v) is 3.99. The maximum atomic E-state index is 12.5. The van der Waals surface area contributed by atoms with Crippen molar-refractivity contribution in [1.82, 2.24) is 10.6 Å². The number of hydrogen-bond acceptors (Lipinski definition) is 13. The number of benzene rings is 1. The number of aromatic hydroxyl groups is 2. The van der Waals surface area contributed by atoms with Crippen LogP contribution in [0.25, 0.3) is 6.08 Å². The highest BCUT2D eigenvalue weighted by Gasteiger charge is 2.35. The van der Waals surface area contributed by atoms with E-state index >= 15 is 0 Å². The van der Waals surface area contributed by atoms with Gasteiger partial charge in [-0.1, -0.05) is 0 Å². The van der Waals surface area contributed by atoms with Crippen molar-refractivity contribution >= 4 is 59.5 Å². The molecule has 0 spiro atoms. The summed E-state index contributed by atoms with van der Waals surface area (Å²) in [6, 6.07) is -0.649. The average molecular weight is 618 g/mol. The molecule has 0 radical (unpaired) electrons. The van der Waals surface area contributed by atoms with Gasteiger partial charge in [0, 0.05) is 18.2 Å². The highest BCUT2D eigenvalue weighted by Crippen LogP contribution is 2.39. The second-order valence-corrected chi connectivity index (χ2v) is 9.22. The molecule has 0 aromatic heterocycles. The number of carbonyl (C=O) groups is 7. The van der Waals surface area contributed by atoms with Gasteiger partial charge in [-0.2, -0.15) is 0 Å². The number of nitrogens with one attached hydrogen (secondary N) is 2. The largest absolute Gasteiger partial charge is 0.504 e. The van der Waals surface area contributed by atoms with Crippen molar-refractivity contribution in [2.45, 2.75) is 42.0 Å². The van der Waals surface area contributed by atoms with Crippen LogP contribution >= 0.6 is 11.8 Å². The van der Waals surface area contributed by atoms with Crippen LogP contribution in [0.15, 0.2) is 23.1 Å². The van der Waals surface area contributed by atoms with Gasteiger partial charge in [0.1, 0.15) is 18.6 Å². The number of ether oxygens (including phenoxy) is 1. The number of aliphatic carboxylic acids is 4. The van der Waals surface area contributed by atoms with E-state index in [0.29, 0.717) is 17.8 Å². The van der Waals surface area contributed by atoms with E-state index in [0.717, 1.165) is 12.1 Å². The Kier molecular flexibility index (Phi) is 13.7. The van der Waals surface area contributed by atoms with Crippen molar-refractivity contribution < 1.29 is 74.0 Å². The fourth-order valence-electron chi connectivity index (χ4n) is 2.87. The van der Waals surface area contributed by atoms with Crippen LogP contribution in [-0.2, 0) is 38.3 Å². The molecular formula is C23H27N3O15S. The monoisotopic (exact) mass is 617 g/mol. The second kappa shape index (κ2) is 16.4. The first-order valence-corrected chi connectivity index (χ1v) is 12.5. The minimum atomic E-state index is -2.58. The summed E-state index contributed by atoms with van der Waals surface area (Å²) in [6.45, 7) is -0.818. The first-order valence-electron chi connectivity index (χ1n) is 11.5. The number of thioether (sulfide) groups is 1. The van der Waals surface area contributed by atoms with E-state index in [2.05, 4.69) is 10.1 Å². The van der Waals surface area contributed by atoms with Gasteiger partial charge in [0.2, 0.25) is 17.9 Å². The van der Waals surface area contributed by atoms with E-state index in [1.54, 1.807) is 0 Å². The van der Waals surface area contributed by atoms with Crippen LogP contribution in [0.4, 0.5) is 0 Å². The number of aliphatic hydroxyl groups is 1. The fraction of sp³-hybridized carbons (Fsp3) is 0.348. The SMILES string of the molecule is N[C@@H](CCC(=O)N[C@@H](CSc1c(/C=C/C(=O)OC(C(=O)O)C(O)C(=O)O)ccc(O)c1O)C(=O)NCC(=O)O)C(=O)O. The smallest absolute Gasteiger partial charge is 0.348 e. The lowest BCUT2D eigenvalue weighted by atomic mass is 10.1. The lowest BCUT2D eigenvalue weighted by molar-refractivity contribution is -0.176. The predicted molar refractivity (Wildman–Crippen MR) is 138 cm³/mol. The van der Waals surface area contributed by atoms with Crippen LogP contribution in [-0.4, -0.2) is 114 Å². The summed E-state index contributed by atoms with van der Waals surface area (Å²) in [4.78, 5) is 80.4.